The van der Waals surface area contributed by atoms with Gasteiger partial charge in [-0.3, -0.25) is 14.5 Å². The van der Waals surface area contributed by atoms with Crippen LogP contribution in [0.2, 0.25) is 5.02 Å². The number of nitrogens with zero attached hydrogens (tertiary/aromatic N) is 3. The van der Waals surface area contributed by atoms with Gasteiger partial charge in [-0.1, -0.05) is 59.0 Å². The number of furan rings is 1. The van der Waals surface area contributed by atoms with Gasteiger partial charge in [-0.15, -0.1) is 10.2 Å². The number of aliphatic hydroxyl groups excluding tert-OH is 1. The van der Waals surface area contributed by atoms with Crippen LogP contribution in [-0.4, -0.2) is 41.2 Å². The lowest BCUT2D eigenvalue weighted by Crippen LogP contribution is -2.31. The largest absolute Gasteiger partial charge is 0.503 e. The molecule has 38 heavy (non-hydrogen) atoms. The van der Waals surface area contributed by atoms with Gasteiger partial charge < -0.3 is 19.0 Å². The minimum Gasteiger partial charge on any atom is -0.503 e. The molecule has 3 heterocycles. The topological polar surface area (TPSA) is 115 Å². The van der Waals surface area contributed by atoms with Crippen molar-refractivity contribution in [3.63, 3.8) is 0 Å². The van der Waals surface area contributed by atoms with Gasteiger partial charge in [0.1, 0.15) is 0 Å². The maximum atomic E-state index is 13.4. The van der Waals surface area contributed by atoms with Crippen LogP contribution in [-0.2, 0) is 10.5 Å². The molecule has 1 unspecified atom stereocenters. The Kier molecular flexibility index (Phi) is 7.41. The number of thioether (sulfide) groups is 1. The third-order valence-electron chi connectivity index (χ3n) is 5.83. The van der Waals surface area contributed by atoms with Gasteiger partial charge in [0.15, 0.2) is 27.4 Å². The van der Waals surface area contributed by atoms with E-state index in [1.807, 2.05) is 24.3 Å². The molecule has 1 aliphatic heterocycles. The number of hydrogen-bond acceptors (Lipinski definition) is 10. The SMILES string of the molecule is COc1ccc(C2C(C(=O)c3ccco3)=C(O)C(=O)N2c2nnc(SCc3ccccc3Cl)s2)cc1OC. The molecule has 0 bridgehead atoms. The van der Waals surface area contributed by atoms with Crippen molar-refractivity contribution < 1.29 is 28.6 Å². The van der Waals surface area contributed by atoms with E-state index >= 15 is 0 Å². The first-order valence-electron chi connectivity index (χ1n) is 11.2. The maximum Gasteiger partial charge on any atom is 0.296 e. The monoisotopic (exact) mass is 569 g/mol. The Morgan fingerprint density at radius 3 is 2.63 bits per heavy atom. The average molecular weight is 570 g/mol. The number of ether oxygens (including phenoxy) is 2. The van der Waals surface area contributed by atoms with Crippen molar-refractivity contribution >= 4 is 51.5 Å². The van der Waals surface area contributed by atoms with Crippen LogP contribution in [0.4, 0.5) is 5.13 Å². The fourth-order valence-electron chi connectivity index (χ4n) is 4.03. The van der Waals surface area contributed by atoms with E-state index in [9.17, 15) is 14.7 Å². The van der Waals surface area contributed by atoms with Crippen LogP contribution in [0, 0.1) is 0 Å². The molecule has 5 rings (SSSR count). The molecule has 2 aromatic carbocycles. The molecule has 0 radical (unpaired) electrons. The van der Waals surface area contributed by atoms with E-state index in [-0.39, 0.29) is 16.5 Å². The van der Waals surface area contributed by atoms with Gasteiger partial charge in [-0.2, -0.15) is 0 Å². The molecule has 12 heteroatoms. The molecule has 0 saturated heterocycles. The zero-order valence-corrected chi connectivity index (χ0v) is 22.5. The number of benzene rings is 2. The van der Waals surface area contributed by atoms with Crippen molar-refractivity contribution in [1.82, 2.24) is 10.2 Å². The lowest BCUT2D eigenvalue weighted by atomic mass is 9.95. The predicted molar refractivity (Wildman–Crippen MR) is 143 cm³/mol. The average Bonchev–Trinajstić information content (AvgIpc) is 3.68. The van der Waals surface area contributed by atoms with Crippen molar-refractivity contribution in [2.45, 2.75) is 16.1 Å². The minimum atomic E-state index is -1.02. The highest BCUT2D eigenvalue weighted by Crippen LogP contribution is 2.45. The van der Waals surface area contributed by atoms with Gasteiger partial charge >= 0.3 is 0 Å². The maximum absolute atomic E-state index is 13.4. The minimum absolute atomic E-state index is 0.0140. The van der Waals surface area contributed by atoms with Crippen molar-refractivity contribution in [3.05, 3.63) is 94.1 Å². The summed E-state index contributed by atoms with van der Waals surface area (Å²) in [6, 6.07) is 14.5. The molecule has 0 aliphatic carbocycles. The summed E-state index contributed by atoms with van der Waals surface area (Å²) in [6.45, 7) is 0. The Morgan fingerprint density at radius 1 is 1.13 bits per heavy atom. The summed E-state index contributed by atoms with van der Waals surface area (Å²) in [5.74, 6) is -0.700. The van der Waals surface area contributed by atoms with Crippen LogP contribution in [0.25, 0.3) is 0 Å². The number of carbonyl (C=O) groups is 2. The fraction of sp³-hybridized carbons (Fsp3) is 0.154. The molecule has 1 amide bonds. The molecule has 0 fully saturated rings. The van der Waals surface area contributed by atoms with E-state index in [0.717, 1.165) is 16.9 Å². The smallest absolute Gasteiger partial charge is 0.296 e. The predicted octanol–water partition coefficient (Wildman–Crippen LogP) is 5.88. The highest BCUT2D eigenvalue weighted by Gasteiger charge is 2.47. The fourth-order valence-corrected chi connectivity index (χ4v) is 6.18. The second-order valence-electron chi connectivity index (χ2n) is 7.99. The lowest BCUT2D eigenvalue weighted by Gasteiger charge is -2.24. The molecule has 1 N–H and O–H groups in total. The normalized spacial score (nSPS) is 15.3. The first-order valence-corrected chi connectivity index (χ1v) is 13.4. The second-order valence-corrected chi connectivity index (χ2v) is 10.6. The van der Waals surface area contributed by atoms with Gasteiger partial charge in [-0.05, 0) is 41.5 Å². The number of amides is 1. The molecular weight excluding hydrogens is 550 g/mol. The van der Waals surface area contributed by atoms with Crippen molar-refractivity contribution in [1.29, 1.82) is 0 Å². The Hall–Kier alpha value is -3.80. The highest BCUT2D eigenvalue weighted by molar-refractivity contribution is 8.00. The quantitative estimate of drug-likeness (QED) is 0.150. The Bertz CT molecular complexity index is 1540. The molecule has 1 atom stereocenters. The van der Waals surface area contributed by atoms with Crippen molar-refractivity contribution in [2.24, 2.45) is 0 Å². The molecule has 9 nitrogen and oxygen atoms in total. The van der Waals surface area contributed by atoms with Crippen LogP contribution in [0.3, 0.4) is 0 Å². The van der Waals surface area contributed by atoms with Crippen LogP contribution >= 0.6 is 34.7 Å². The first-order chi connectivity index (χ1) is 18.4. The third kappa shape index (κ3) is 4.75. The van der Waals surface area contributed by atoms with E-state index in [1.165, 1.54) is 43.2 Å². The van der Waals surface area contributed by atoms with Crippen LogP contribution in [0.5, 0.6) is 11.5 Å². The molecular formula is C26H20ClN3O6S2. The van der Waals surface area contributed by atoms with Gasteiger partial charge in [0.05, 0.1) is 32.1 Å². The zero-order chi connectivity index (χ0) is 26.8. The number of hydrogen-bond donors (Lipinski definition) is 1. The summed E-state index contributed by atoms with van der Waals surface area (Å²) in [6.07, 6.45) is 1.35. The zero-order valence-electron chi connectivity index (χ0n) is 20.1. The van der Waals surface area contributed by atoms with Crippen molar-refractivity contribution in [2.75, 3.05) is 19.1 Å². The van der Waals surface area contributed by atoms with Crippen LogP contribution in [0.15, 0.2) is 80.9 Å². The molecule has 0 spiro atoms. The van der Waals surface area contributed by atoms with Gasteiger partial charge in [0.25, 0.3) is 5.91 Å². The number of aromatic nitrogens is 2. The Balaban J connectivity index is 1.53. The summed E-state index contributed by atoms with van der Waals surface area (Å²) in [5, 5.41) is 20.2. The van der Waals surface area contributed by atoms with Gasteiger partial charge in [-0.25, -0.2) is 0 Å². The summed E-state index contributed by atoms with van der Waals surface area (Å²) in [5.41, 5.74) is 1.29. The third-order valence-corrected chi connectivity index (χ3v) is 8.31. The van der Waals surface area contributed by atoms with Crippen LogP contribution in [0.1, 0.15) is 27.7 Å². The van der Waals surface area contributed by atoms with E-state index in [0.29, 0.717) is 32.2 Å². The van der Waals surface area contributed by atoms with Gasteiger partial charge in [0, 0.05) is 10.8 Å². The number of carbonyl (C=O) groups excluding carboxylic acids is 2. The molecule has 2 aromatic heterocycles. The summed E-state index contributed by atoms with van der Waals surface area (Å²) < 4.78 is 16.6. The van der Waals surface area contributed by atoms with E-state index < -0.39 is 23.5 Å². The Labute approximate surface area is 230 Å². The summed E-state index contributed by atoms with van der Waals surface area (Å²) >= 11 is 8.84. The molecule has 0 saturated carbocycles. The first kappa shape index (κ1) is 25.8. The second kappa shape index (κ2) is 10.9. The Morgan fingerprint density at radius 2 is 1.92 bits per heavy atom. The van der Waals surface area contributed by atoms with Crippen molar-refractivity contribution in [3.8, 4) is 11.5 Å². The summed E-state index contributed by atoms with van der Waals surface area (Å²) in [4.78, 5) is 28.0. The molecule has 4 aromatic rings. The van der Waals surface area contributed by atoms with Gasteiger partial charge in [0.2, 0.25) is 10.9 Å². The van der Waals surface area contributed by atoms with Crippen LogP contribution < -0.4 is 14.4 Å². The molecule has 194 valence electrons. The van der Waals surface area contributed by atoms with E-state index in [1.54, 1.807) is 24.3 Å². The number of ketones is 1. The number of aliphatic hydroxyl groups is 1. The standard InChI is InChI=1S/C26H20ClN3O6S2/c1-34-17-10-9-14(12-19(17)35-2)21-20(22(31)18-8-5-11-36-18)23(32)24(33)30(21)25-28-29-26(38-25)37-13-15-6-3-4-7-16(15)27/h3-12,21,32H,13H2,1-2H3. The lowest BCUT2D eigenvalue weighted by molar-refractivity contribution is -0.117. The number of Topliss-reactive ketones (excluding diaryl/α,β-unsaturated/α-hetero) is 1. The number of anilines is 1. The number of methoxy groups -OCH3 is 2. The summed E-state index contributed by atoms with van der Waals surface area (Å²) in [7, 11) is 2.98. The van der Waals surface area contributed by atoms with E-state index in [4.69, 9.17) is 25.5 Å². The number of halogens is 1. The number of rotatable bonds is 9. The molecule has 1 aliphatic rings. The van der Waals surface area contributed by atoms with E-state index in [2.05, 4.69) is 10.2 Å². The highest BCUT2D eigenvalue weighted by atomic mass is 35.5.